The molecule has 0 unspecified atom stereocenters. The molecule has 5 rings (SSSR count). The van der Waals surface area contributed by atoms with E-state index in [1.807, 2.05) is 30.3 Å². The Labute approximate surface area is 158 Å². The van der Waals surface area contributed by atoms with Gasteiger partial charge in [-0.3, -0.25) is 4.79 Å². The zero-order chi connectivity index (χ0) is 18.6. The summed E-state index contributed by atoms with van der Waals surface area (Å²) in [6, 6.07) is 16.2. The first-order valence-corrected chi connectivity index (χ1v) is 9.62. The third-order valence-electron chi connectivity index (χ3n) is 6.36. The molecule has 27 heavy (non-hydrogen) atoms. The van der Waals surface area contributed by atoms with Crippen LogP contribution in [0.5, 0.6) is 5.75 Å². The standard InChI is InChI=1S/C23H24N2O2/c1-22(9-10-22)20-14-15-13-17(5-8-19(15)25-20)24-21(26)23(11-12-23)16-3-6-18(27-2)7-4-16/h3-8,13-14,25H,9-12H2,1-2H3,(H,24,26). The van der Waals surface area contributed by atoms with Gasteiger partial charge in [-0.05, 0) is 67.6 Å². The minimum absolute atomic E-state index is 0.0805. The number of carbonyl (C=O) groups excluding carboxylic acids is 1. The average molecular weight is 360 g/mol. The minimum atomic E-state index is -0.397. The maximum absolute atomic E-state index is 13.0. The first-order chi connectivity index (χ1) is 13.0. The molecule has 4 heteroatoms. The number of aromatic nitrogens is 1. The molecule has 0 spiro atoms. The van der Waals surface area contributed by atoms with Crippen molar-refractivity contribution in [3.63, 3.8) is 0 Å². The van der Waals surface area contributed by atoms with E-state index in [1.54, 1.807) is 7.11 Å². The van der Waals surface area contributed by atoms with E-state index in [1.165, 1.54) is 18.5 Å². The van der Waals surface area contributed by atoms with E-state index < -0.39 is 5.41 Å². The van der Waals surface area contributed by atoms with Crippen LogP contribution in [0.1, 0.15) is 43.9 Å². The smallest absolute Gasteiger partial charge is 0.235 e. The summed E-state index contributed by atoms with van der Waals surface area (Å²) in [4.78, 5) is 16.5. The minimum Gasteiger partial charge on any atom is -0.497 e. The van der Waals surface area contributed by atoms with Gasteiger partial charge in [0.05, 0.1) is 12.5 Å². The van der Waals surface area contributed by atoms with Crippen molar-refractivity contribution in [2.75, 3.05) is 12.4 Å². The highest BCUT2D eigenvalue weighted by Crippen LogP contribution is 2.50. The Morgan fingerprint density at radius 2 is 1.78 bits per heavy atom. The van der Waals surface area contributed by atoms with Crippen LogP contribution in [0.4, 0.5) is 5.69 Å². The molecule has 0 bridgehead atoms. The number of ether oxygens (including phenoxy) is 1. The molecule has 0 radical (unpaired) electrons. The lowest BCUT2D eigenvalue weighted by Gasteiger charge is -2.16. The lowest BCUT2D eigenvalue weighted by Crippen LogP contribution is -2.27. The third-order valence-corrected chi connectivity index (χ3v) is 6.36. The molecular weight excluding hydrogens is 336 g/mol. The molecule has 0 atom stereocenters. The first kappa shape index (κ1) is 16.4. The molecule has 138 valence electrons. The number of nitrogens with one attached hydrogen (secondary N) is 2. The zero-order valence-corrected chi connectivity index (χ0v) is 15.8. The van der Waals surface area contributed by atoms with Gasteiger partial charge in [-0.25, -0.2) is 0 Å². The van der Waals surface area contributed by atoms with Gasteiger partial charge < -0.3 is 15.0 Å². The molecule has 1 heterocycles. The van der Waals surface area contributed by atoms with Crippen molar-refractivity contribution < 1.29 is 9.53 Å². The van der Waals surface area contributed by atoms with E-state index in [0.717, 1.165) is 40.7 Å². The van der Waals surface area contributed by atoms with E-state index >= 15 is 0 Å². The fraction of sp³-hybridized carbons (Fsp3) is 0.348. The number of H-pyrrole nitrogens is 1. The van der Waals surface area contributed by atoms with E-state index in [4.69, 9.17) is 4.74 Å². The zero-order valence-electron chi connectivity index (χ0n) is 15.8. The van der Waals surface area contributed by atoms with Crippen LogP contribution in [0.3, 0.4) is 0 Å². The maximum atomic E-state index is 13.0. The molecule has 1 amide bonds. The number of amides is 1. The van der Waals surface area contributed by atoms with Gasteiger partial charge in [0.25, 0.3) is 0 Å². The molecule has 0 saturated heterocycles. The van der Waals surface area contributed by atoms with Crippen LogP contribution < -0.4 is 10.1 Å². The lowest BCUT2D eigenvalue weighted by molar-refractivity contribution is -0.118. The molecule has 2 fully saturated rings. The Morgan fingerprint density at radius 3 is 2.41 bits per heavy atom. The molecule has 2 aromatic carbocycles. The second-order valence-electron chi connectivity index (χ2n) is 8.31. The number of hydrogen-bond acceptors (Lipinski definition) is 2. The summed E-state index contributed by atoms with van der Waals surface area (Å²) in [6.45, 7) is 2.30. The summed E-state index contributed by atoms with van der Waals surface area (Å²) in [5, 5.41) is 4.30. The summed E-state index contributed by atoms with van der Waals surface area (Å²) in [7, 11) is 1.65. The summed E-state index contributed by atoms with van der Waals surface area (Å²) in [6.07, 6.45) is 4.27. The summed E-state index contributed by atoms with van der Waals surface area (Å²) >= 11 is 0. The number of anilines is 1. The monoisotopic (exact) mass is 360 g/mol. The molecule has 0 aliphatic heterocycles. The summed E-state index contributed by atoms with van der Waals surface area (Å²) in [5.74, 6) is 0.893. The van der Waals surface area contributed by atoms with Gasteiger partial charge in [0.2, 0.25) is 5.91 Å². The Kier molecular flexibility index (Phi) is 3.42. The number of aromatic amines is 1. The molecular formula is C23H24N2O2. The normalized spacial score (nSPS) is 18.9. The first-order valence-electron chi connectivity index (χ1n) is 9.62. The quantitative estimate of drug-likeness (QED) is 0.680. The summed E-state index contributed by atoms with van der Waals surface area (Å²) in [5.41, 5.74) is 4.28. The van der Waals surface area contributed by atoms with Crippen LogP contribution in [0.2, 0.25) is 0 Å². The van der Waals surface area contributed by atoms with Gasteiger partial charge in [-0.1, -0.05) is 19.1 Å². The highest BCUT2D eigenvalue weighted by molar-refractivity contribution is 6.02. The van der Waals surface area contributed by atoms with Crippen LogP contribution in [0.15, 0.2) is 48.5 Å². The van der Waals surface area contributed by atoms with E-state index in [2.05, 4.69) is 35.4 Å². The number of benzene rings is 2. The van der Waals surface area contributed by atoms with Crippen LogP contribution in [-0.2, 0) is 15.6 Å². The number of rotatable bonds is 5. The summed E-state index contributed by atoms with van der Waals surface area (Å²) < 4.78 is 5.23. The molecule has 4 nitrogen and oxygen atoms in total. The fourth-order valence-corrected chi connectivity index (χ4v) is 3.92. The molecule has 3 aromatic rings. The molecule has 2 aliphatic rings. The van der Waals surface area contributed by atoms with Crippen molar-refractivity contribution >= 4 is 22.5 Å². The van der Waals surface area contributed by atoms with Gasteiger partial charge in [-0.2, -0.15) is 0 Å². The van der Waals surface area contributed by atoms with Crippen molar-refractivity contribution in [2.24, 2.45) is 0 Å². The van der Waals surface area contributed by atoms with Crippen molar-refractivity contribution in [3.05, 3.63) is 59.8 Å². The third kappa shape index (κ3) is 2.71. The van der Waals surface area contributed by atoms with E-state index in [9.17, 15) is 4.79 Å². The maximum Gasteiger partial charge on any atom is 0.235 e. The predicted molar refractivity (Wildman–Crippen MR) is 107 cm³/mol. The van der Waals surface area contributed by atoms with E-state index in [-0.39, 0.29) is 5.91 Å². The van der Waals surface area contributed by atoms with E-state index in [0.29, 0.717) is 5.41 Å². The Balaban J connectivity index is 1.38. The van der Waals surface area contributed by atoms with Crippen LogP contribution >= 0.6 is 0 Å². The average Bonchev–Trinajstić information content (AvgIpc) is 3.60. The highest BCUT2D eigenvalue weighted by atomic mass is 16.5. The topological polar surface area (TPSA) is 54.1 Å². The highest BCUT2D eigenvalue weighted by Gasteiger charge is 2.51. The second-order valence-corrected chi connectivity index (χ2v) is 8.31. The Morgan fingerprint density at radius 1 is 1.04 bits per heavy atom. The van der Waals surface area contributed by atoms with Crippen molar-refractivity contribution in [2.45, 2.75) is 43.4 Å². The SMILES string of the molecule is COc1ccc(C2(C(=O)Nc3ccc4[nH]c(C5(C)CC5)cc4c3)CC2)cc1. The van der Waals surface area contributed by atoms with Gasteiger partial charge in [0.15, 0.2) is 0 Å². The molecule has 2 aliphatic carbocycles. The van der Waals surface area contributed by atoms with Gasteiger partial charge in [-0.15, -0.1) is 0 Å². The fourth-order valence-electron chi connectivity index (χ4n) is 3.92. The lowest BCUT2D eigenvalue weighted by atomic mass is 9.94. The molecule has 2 saturated carbocycles. The number of carbonyl (C=O) groups is 1. The van der Waals surface area contributed by atoms with Crippen molar-refractivity contribution in [3.8, 4) is 5.75 Å². The Hall–Kier alpha value is -2.75. The van der Waals surface area contributed by atoms with Crippen molar-refractivity contribution in [1.29, 1.82) is 0 Å². The largest absolute Gasteiger partial charge is 0.497 e. The van der Waals surface area contributed by atoms with Crippen LogP contribution in [-0.4, -0.2) is 18.0 Å². The van der Waals surface area contributed by atoms with Gasteiger partial charge in [0, 0.05) is 27.7 Å². The molecule has 2 N–H and O–H groups in total. The molecule has 1 aromatic heterocycles. The van der Waals surface area contributed by atoms with Crippen LogP contribution in [0, 0.1) is 0 Å². The predicted octanol–water partition coefficient (Wildman–Crippen LogP) is 4.90. The number of methoxy groups -OCH3 is 1. The van der Waals surface area contributed by atoms with Gasteiger partial charge in [0.1, 0.15) is 5.75 Å². The number of hydrogen-bond donors (Lipinski definition) is 2. The van der Waals surface area contributed by atoms with Crippen LogP contribution in [0.25, 0.3) is 10.9 Å². The Bertz CT molecular complexity index is 1020. The second kappa shape index (κ2) is 5.62. The number of fused-ring (bicyclic) bond motifs is 1. The van der Waals surface area contributed by atoms with Gasteiger partial charge >= 0.3 is 0 Å². The van der Waals surface area contributed by atoms with Crippen molar-refractivity contribution in [1.82, 2.24) is 4.98 Å².